The maximum Gasteiger partial charge on any atom is 0.442 e. The summed E-state index contributed by atoms with van der Waals surface area (Å²) in [6, 6.07) is 15.5. The summed E-state index contributed by atoms with van der Waals surface area (Å²) in [6.45, 7) is 1.65. The minimum absolute atomic E-state index is 0.212. The zero-order valence-electron chi connectivity index (χ0n) is 14.3. The van der Waals surface area contributed by atoms with Gasteiger partial charge in [-0.25, -0.2) is 4.79 Å². The lowest BCUT2D eigenvalue weighted by atomic mass is 10.1. The first-order valence-electron chi connectivity index (χ1n) is 8.02. The maximum atomic E-state index is 12.5. The molecule has 2 amide bonds. The summed E-state index contributed by atoms with van der Waals surface area (Å²) in [6.07, 6.45) is 0. The van der Waals surface area contributed by atoms with Crippen LogP contribution < -0.4 is 21.4 Å². The molecule has 1 unspecified atom stereocenters. The Morgan fingerprint density at radius 1 is 1.15 bits per heavy atom. The Hall–Kier alpha value is -3.33. The van der Waals surface area contributed by atoms with Crippen LogP contribution in [-0.4, -0.2) is 22.3 Å². The number of nitrogens with two attached hydrogens (primary N) is 1. The molecule has 3 aromatic rings. The summed E-state index contributed by atoms with van der Waals surface area (Å²) in [5.41, 5.74) is 5.96. The zero-order chi connectivity index (χ0) is 19.4. The van der Waals surface area contributed by atoms with Gasteiger partial charge < -0.3 is 11.1 Å². The summed E-state index contributed by atoms with van der Waals surface area (Å²) in [5.74, 6) is -1.02. The van der Waals surface area contributed by atoms with Crippen LogP contribution in [0.25, 0.3) is 5.69 Å². The Balaban J connectivity index is 1.80. The van der Waals surface area contributed by atoms with Crippen molar-refractivity contribution in [2.24, 2.45) is 5.73 Å². The summed E-state index contributed by atoms with van der Waals surface area (Å²) in [4.78, 5) is 36.1. The third-order valence-corrected chi connectivity index (χ3v) is 4.87. The highest BCUT2D eigenvalue weighted by molar-refractivity contribution is 8.00. The number of aromatic nitrogens is 2. The van der Waals surface area contributed by atoms with Crippen molar-refractivity contribution in [3.8, 4) is 5.69 Å². The molecule has 0 fully saturated rings. The molecule has 1 aromatic heterocycles. The average Bonchev–Trinajstić information content (AvgIpc) is 3.03. The van der Waals surface area contributed by atoms with Crippen LogP contribution in [0.2, 0.25) is 0 Å². The highest BCUT2D eigenvalue weighted by atomic mass is 32.2. The van der Waals surface area contributed by atoms with Crippen molar-refractivity contribution in [3.05, 3.63) is 70.6 Å². The molecule has 27 heavy (non-hydrogen) atoms. The number of amides is 2. The Morgan fingerprint density at radius 2 is 1.81 bits per heavy atom. The molecule has 0 saturated carbocycles. The molecule has 4 N–H and O–H groups in total. The highest BCUT2D eigenvalue weighted by Crippen LogP contribution is 2.21. The van der Waals surface area contributed by atoms with Gasteiger partial charge in [0.15, 0.2) is 0 Å². The quantitative estimate of drug-likeness (QED) is 0.438. The first-order valence-corrected chi connectivity index (χ1v) is 8.90. The Labute approximate surface area is 158 Å². The van der Waals surface area contributed by atoms with Gasteiger partial charge in [-0.05, 0) is 40.8 Å². The van der Waals surface area contributed by atoms with E-state index in [0.29, 0.717) is 11.4 Å². The number of carbonyl (C=O) groups is 2. The first-order chi connectivity index (χ1) is 13.0. The van der Waals surface area contributed by atoms with E-state index in [1.165, 1.54) is 10.7 Å². The number of thioether (sulfide) groups is 1. The largest absolute Gasteiger partial charge is 0.442 e. The van der Waals surface area contributed by atoms with Crippen molar-refractivity contribution in [1.29, 1.82) is 0 Å². The molecular weight excluding hydrogens is 368 g/mol. The Bertz CT molecular complexity index is 1030. The van der Waals surface area contributed by atoms with Gasteiger partial charge in [-0.1, -0.05) is 30.3 Å². The van der Waals surface area contributed by atoms with Gasteiger partial charge >= 0.3 is 10.7 Å². The van der Waals surface area contributed by atoms with Crippen molar-refractivity contribution < 1.29 is 18.8 Å². The normalized spacial score (nSPS) is 11.7. The van der Waals surface area contributed by atoms with Gasteiger partial charge in [0, 0.05) is 12.1 Å². The lowest BCUT2D eigenvalue weighted by Crippen LogP contribution is -2.37. The van der Waals surface area contributed by atoms with Gasteiger partial charge in [0.25, 0.3) is 5.91 Å². The molecular formula is C18H17N4O4S+. The van der Waals surface area contributed by atoms with Gasteiger partial charge in [0.05, 0.1) is 16.5 Å². The number of benzene rings is 2. The molecule has 0 aliphatic carbocycles. The average molecular weight is 385 g/mol. The standard InChI is InChI=1S/C18H16N4O4S/c1-11(16(24)20-14-10-6-5-9-13(14)15(19)23)27-17-18(25)26-21-22(17)12-7-3-2-4-8-12/h2-11H,1H3,(H3-,19,20,21,23,24,25)/p+1. The number of para-hydroxylation sites is 2. The molecule has 1 heterocycles. The number of nitrogens with one attached hydrogen (secondary N) is 2. The number of H-pyrrole nitrogens is 1. The van der Waals surface area contributed by atoms with Crippen molar-refractivity contribution in [3.63, 3.8) is 0 Å². The van der Waals surface area contributed by atoms with Crippen LogP contribution in [0.5, 0.6) is 0 Å². The number of nitrogens with zero attached hydrogens (tertiary/aromatic N) is 1. The molecule has 0 saturated heterocycles. The van der Waals surface area contributed by atoms with Gasteiger partial charge in [-0.2, -0.15) is 0 Å². The summed E-state index contributed by atoms with van der Waals surface area (Å²) < 4.78 is 6.33. The molecule has 138 valence electrons. The van der Waals surface area contributed by atoms with E-state index < -0.39 is 16.8 Å². The molecule has 3 rings (SSSR count). The predicted molar refractivity (Wildman–Crippen MR) is 99.8 cm³/mol. The molecule has 0 spiro atoms. The van der Waals surface area contributed by atoms with E-state index in [4.69, 9.17) is 10.3 Å². The zero-order valence-corrected chi connectivity index (χ0v) is 15.2. The fourth-order valence-corrected chi connectivity index (χ4v) is 3.26. The van der Waals surface area contributed by atoms with Gasteiger partial charge in [-0.3, -0.25) is 14.1 Å². The second kappa shape index (κ2) is 7.92. The van der Waals surface area contributed by atoms with E-state index in [1.54, 1.807) is 37.3 Å². The molecule has 0 radical (unpaired) electrons. The molecule has 9 heteroatoms. The number of rotatable bonds is 6. The summed E-state index contributed by atoms with van der Waals surface area (Å²) in [5, 5.41) is 4.78. The number of hydrogen-bond acceptors (Lipinski definition) is 5. The second-order valence-corrected chi connectivity index (χ2v) is 6.95. The molecule has 0 aliphatic heterocycles. The molecule has 8 nitrogen and oxygen atoms in total. The smallest absolute Gasteiger partial charge is 0.366 e. The second-order valence-electron chi connectivity index (χ2n) is 5.62. The first kappa shape index (κ1) is 18.5. The van der Waals surface area contributed by atoms with Gasteiger partial charge in [0.2, 0.25) is 11.6 Å². The van der Waals surface area contributed by atoms with Crippen molar-refractivity contribution in [1.82, 2.24) is 5.27 Å². The topological polar surface area (TPSA) is 122 Å². The van der Waals surface area contributed by atoms with Crippen LogP contribution in [0.3, 0.4) is 0 Å². The maximum absolute atomic E-state index is 12.5. The van der Waals surface area contributed by atoms with Crippen LogP contribution in [0.1, 0.15) is 17.3 Å². The van der Waals surface area contributed by atoms with E-state index in [0.717, 1.165) is 11.8 Å². The summed E-state index contributed by atoms with van der Waals surface area (Å²) in [7, 11) is 0. The lowest BCUT2D eigenvalue weighted by Gasteiger charge is -2.11. The monoisotopic (exact) mass is 385 g/mol. The number of aromatic amines is 1. The van der Waals surface area contributed by atoms with E-state index >= 15 is 0 Å². The van der Waals surface area contributed by atoms with E-state index in [9.17, 15) is 14.4 Å². The fourth-order valence-electron chi connectivity index (χ4n) is 2.37. The van der Waals surface area contributed by atoms with Crippen molar-refractivity contribution >= 4 is 29.3 Å². The molecule has 0 aliphatic rings. The minimum atomic E-state index is -0.639. The number of anilines is 1. The lowest BCUT2D eigenvalue weighted by molar-refractivity contribution is -0.704. The number of hydrogen-bond donors (Lipinski definition) is 3. The van der Waals surface area contributed by atoms with E-state index in [2.05, 4.69) is 10.6 Å². The van der Waals surface area contributed by atoms with Gasteiger partial charge in [-0.15, -0.1) is 0 Å². The van der Waals surface area contributed by atoms with Crippen LogP contribution in [0, 0.1) is 0 Å². The van der Waals surface area contributed by atoms with Crippen molar-refractivity contribution in [2.45, 2.75) is 17.2 Å². The fraction of sp³-hybridized carbons (Fsp3) is 0.111. The van der Waals surface area contributed by atoms with Crippen LogP contribution >= 0.6 is 11.8 Å². The highest BCUT2D eigenvalue weighted by Gasteiger charge is 2.29. The summed E-state index contributed by atoms with van der Waals surface area (Å²) >= 11 is 1.04. The van der Waals surface area contributed by atoms with Crippen LogP contribution in [0.4, 0.5) is 5.69 Å². The van der Waals surface area contributed by atoms with Crippen LogP contribution in [0.15, 0.2) is 68.9 Å². The number of carbonyl (C=O) groups excluding carboxylic acids is 2. The van der Waals surface area contributed by atoms with Gasteiger partial charge in [0.1, 0.15) is 0 Å². The number of primary amides is 1. The molecule has 2 aromatic carbocycles. The predicted octanol–water partition coefficient (Wildman–Crippen LogP) is 1.46. The minimum Gasteiger partial charge on any atom is -0.366 e. The molecule has 0 bridgehead atoms. The Morgan fingerprint density at radius 3 is 2.52 bits per heavy atom. The van der Waals surface area contributed by atoms with Crippen molar-refractivity contribution in [2.75, 3.05) is 5.32 Å². The van der Waals surface area contributed by atoms with E-state index in [-0.39, 0.29) is 16.5 Å². The third-order valence-electron chi connectivity index (χ3n) is 3.73. The van der Waals surface area contributed by atoms with Crippen LogP contribution in [-0.2, 0) is 4.79 Å². The SMILES string of the molecule is CC(Sc1c(=O)o[nH][n+]1-c1ccccc1)C(=O)Nc1ccccc1C(N)=O. The van der Waals surface area contributed by atoms with E-state index in [1.807, 2.05) is 18.2 Å². The molecule has 1 atom stereocenters. The third kappa shape index (κ3) is 4.09. The Kier molecular flexibility index (Phi) is 5.41.